The topological polar surface area (TPSA) is 31.2 Å². The van der Waals surface area contributed by atoms with Gasteiger partial charge in [-0.25, -0.2) is 17.6 Å². The molecular formula is C19H12BrF4NO2. The van der Waals surface area contributed by atoms with Crippen molar-refractivity contribution in [2.24, 2.45) is 0 Å². The third kappa shape index (κ3) is 4.05. The van der Waals surface area contributed by atoms with Crippen molar-refractivity contribution in [3.05, 3.63) is 91.8 Å². The zero-order chi connectivity index (χ0) is 19.7. The summed E-state index contributed by atoms with van der Waals surface area (Å²) in [7, 11) is 0. The molecule has 0 saturated carbocycles. The number of hydrogen-bond donors (Lipinski definition) is 0. The Labute approximate surface area is 160 Å². The number of halogens is 5. The monoisotopic (exact) mass is 441 g/mol. The Morgan fingerprint density at radius 1 is 0.963 bits per heavy atom. The normalized spacial score (nSPS) is 10.9. The minimum absolute atomic E-state index is 0.0930. The van der Waals surface area contributed by atoms with E-state index < -0.39 is 34.5 Å². The molecule has 3 aromatic rings. The SMILES string of the molecule is Cc1cc(OCc2ccc(F)cc2F)cc(=O)n1-c1c(F)cc(Br)cc1F. The van der Waals surface area contributed by atoms with E-state index in [2.05, 4.69) is 15.9 Å². The second kappa shape index (κ2) is 7.56. The van der Waals surface area contributed by atoms with Gasteiger partial charge >= 0.3 is 0 Å². The quantitative estimate of drug-likeness (QED) is 0.530. The van der Waals surface area contributed by atoms with Crippen molar-refractivity contribution in [2.75, 3.05) is 0 Å². The highest BCUT2D eigenvalue weighted by Crippen LogP contribution is 2.24. The second-order valence-electron chi connectivity index (χ2n) is 5.75. The zero-order valence-electron chi connectivity index (χ0n) is 13.9. The van der Waals surface area contributed by atoms with Crippen LogP contribution in [-0.4, -0.2) is 4.57 Å². The molecule has 0 radical (unpaired) electrons. The first-order valence-electron chi connectivity index (χ1n) is 7.71. The van der Waals surface area contributed by atoms with Crippen LogP contribution >= 0.6 is 15.9 Å². The van der Waals surface area contributed by atoms with Gasteiger partial charge in [0.15, 0.2) is 11.6 Å². The highest BCUT2D eigenvalue weighted by atomic mass is 79.9. The van der Waals surface area contributed by atoms with Crippen LogP contribution < -0.4 is 10.3 Å². The van der Waals surface area contributed by atoms with Crippen molar-refractivity contribution in [3.8, 4) is 11.4 Å². The molecule has 0 aliphatic rings. The van der Waals surface area contributed by atoms with Crippen molar-refractivity contribution in [3.63, 3.8) is 0 Å². The average Bonchev–Trinajstić information content (AvgIpc) is 2.55. The predicted molar refractivity (Wildman–Crippen MR) is 95.1 cm³/mol. The third-order valence-corrected chi connectivity index (χ3v) is 4.26. The summed E-state index contributed by atoms with van der Waals surface area (Å²) >= 11 is 2.98. The van der Waals surface area contributed by atoms with Gasteiger partial charge in [0.2, 0.25) is 0 Å². The number of aromatic nitrogens is 1. The Morgan fingerprint density at radius 3 is 2.22 bits per heavy atom. The lowest BCUT2D eigenvalue weighted by molar-refractivity contribution is 0.298. The number of benzene rings is 2. The number of nitrogens with zero attached hydrogens (tertiary/aromatic N) is 1. The Hall–Kier alpha value is -2.61. The molecule has 3 rings (SSSR count). The third-order valence-electron chi connectivity index (χ3n) is 3.80. The van der Waals surface area contributed by atoms with Crippen molar-refractivity contribution in [2.45, 2.75) is 13.5 Å². The maximum absolute atomic E-state index is 14.2. The molecule has 0 unspecified atom stereocenters. The lowest BCUT2D eigenvalue weighted by Crippen LogP contribution is -2.22. The molecule has 0 fully saturated rings. The second-order valence-corrected chi connectivity index (χ2v) is 6.66. The zero-order valence-corrected chi connectivity index (χ0v) is 15.5. The minimum atomic E-state index is -0.908. The molecular weight excluding hydrogens is 430 g/mol. The number of hydrogen-bond acceptors (Lipinski definition) is 2. The first-order valence-corrected chi connectivity index (χ1v) is 8.51. The Kier molecular flexibility index (Phi) is 5.36. The van der Waals surface area contributed by atoms with Crippen LogP contribution in [-0.2, 0) is 6.61 Å². The summed E-state index contributed by atoms with van der Waals surface area (Å²) in [6, 6.07) is 7.56. The molecule has 0 amide bonds. The maximum atomic E-state index is 14.2. The van der Waals surface area contributed by atoms with Crippen LogP contribution in [0, 0.1) is 30.2 Å². The number of ether oxygens (including phenoxy) is 1. The molecule has 27 heavy (non-hydrogen) atoms. The largest absolute Gasteiger partial charge is 0.489 e. The molecule has 140 valence electrons. The molecule has 1 heterocycles. The summed E-state index contributed by atoms with van der Waals surface area (Å²) in [6.07, 6.45) is 0. The van der Waals surface area contributed by atoms with Gasteiger partial charge in [-0.2, -0.15) is 0 Å². The summed E-state index contributed by atoms with van der Waals surface area (Å²) in [5, 5.41) is 0. The first kappa shape index (κ1) is 19.2. The highest BCUT2D eigenvalue weighted by molar-refractivity contribution is 9.10. The lowest BCUT2D eigenvalue weighted by Gasteiger charge is -2.14. The fraction of sp³-hybridized carbons (Fsp3) is 0.105. The molecule has 0 bridgehead atoms. The summed E-state index contributed by atoms with van der Waals surface area (Å²) in [6.45, 7) is 1.24. The van der Waals surface area contributed by atoms with E-state index in [0.29, 0.717) is 0 Å². The van der Waals surface area contributed by atoms with Gasteiger partial charge in [0.05, 0.1) is 0 Å². The van der Waals surface area contributed by atoms with Gasteiger partial charge in [0.1, 0.15) is 29.7 Å². The maximum Gasteiger partial charge on any atom is 0.259 e. The number of aryl methyl sites for hydroxylation is 1. The molecule has 0 aliphatic heterocycles. The van der Waals surface area contributed by atoms with E-state index in [-0.39, 0.29) is 28.1 Å². The van der Waals surface area contributed by atoms with E-state index in [1.54, 1.807) is 0 Å². The minimum Gasteiger partial charge on any atom is -0.489 e. The van der Waals surface area contributed by atoms with Crippen molar-refractivity contribution >= 4 is 15.9 Å². The first-order chi connectivity index (χ1) is 12.8. The molecule has 2 aromatic carbocycles. The molecule has 0 spiro atoms. The molecule has 3 nitrogen and oxygen atoms in total. The van der Waals surface area contributed by atoms with Gasteiger partial charge in [-0.1, -0.05) is 15.9 Å². The Morgan fingerprint density at radius 2 is 1.63 bits per heavy atom. The smallest absolute Gasteiger partial charge is 0.259 e. The standard InChI is InChI=1S/C19H12BrF4NO2/c1-10-4-14(27-9-11-2-3-13(21)7-15(11)22)8-18(26)25(10)19-16(23)5-12(20)6-17(19)24/h2-8H,9H2,1H3. The summed E-state index contributed by atoms with van der Waals surface area (Å²) in [4.78, 5) is 12.4. The van der Waals surface area contributed by atoms with E-state index >= 15 is 0 Å². The number of rotatable bonds is 4. The van der Waals surface area contributed by atoms with Crippen LogP contribution in [0.2, 0.25) is 0 Å². The molecule has 0 atom stereocenters. The van der Waals surface area contributed by atoms with Crippen LogP contribution in [0.1, 0.15) is 11.3 Å². The number of pyridine rings is 1. The molecule has 0 N–H and O–H groups in total. The van der Waals surface area contributed by atoms with Crippen LogP contribution in [0.15, 0.2) is 51.7 Å². The lowest BCUT2D eigenvalue weighted by atomic mass is 10.2. The van der Waals surface area contributed by atoms with Gasteiger partial charge in [-0.3, -0.25) is 9.36 Å². The summed E-state index contributed by atoms with van der Waals surface area (Å²) in [5.41, 5.74) is -0.901. The molecule has 0 aliphatic carbocycles. The molecule has 8 heteroatoms. The van der Waals surface area contributed by atoms with Gasteiger partial charge in [0, 0.05) is 33.9 Å². The predicted octanol–water partition coefficient (Wildman–Crippen LogP) is 5.04. The summed E-state index contributed by atoms with van der Waals surface area (Å²) < 4.78 is 61.4. The Bertz CT molecular complexity index is 1060. The summed E-state index contributed by atoms with van der Waals surface area (Å²) in [5.74, 6) is -3.22. The van der Waals surface area contributed by atoms with Crippen LogP contribution in [0.25, 0.3) is 5.69 Å². The highest BCUT2D eigenvalue weighted by Gasteiger charge is 2.17. The van der Waals surface area contributed by atoms with E-state index in [1.165, 1.54) is 19.1 Å². The fourth-order valence-electron chi connectivity index (χ4n) is 2.59. The fourth-order valence-corrected chi connectivity index (χ4v) is 2.99. The van der Waals surface area contributed by atoms with E-state index in [9.17, 15) is 22.4 Å². The van der Waals surface area contributed by atoms with Gasteiger partial charge in [0.25, 0.3) is 5.56 Å². The molecule has 0 saturated heterocycles. The van der Waals surface area contributed by atoms with E-state index in [1.807, 2.05) is 0 Å². The van der Waals surface area contributed by atoms with Crippen molar-refractivity contribution in [1.82, 2.24) is 4.57 Å². The molecule has 1 aromatic heterocycles. The van der Waals surface area contributed by atoms with Gasteiger partial charge < -0.3 is 4.74 Å². The average molecular weight is 442 g/mol. The van der Waals surface area contributed by atoms with Crippen LogP contribution in [0.5, 0.6) is 5.75 Å². The van der Waals surface area contributed by atoms with Crippen LogP contribution in [0.4, 0.5) is 17.6 Å². The van der Waals surface area contributed by atoms with Crippen LogP contribution in [0.3, 0.4) is 0 Å². The van der Waals surface area contributed by atoms with E-state index in [0.717, 1.165) is 34.9 Å². The van der Waals surface area contributed by atoms with Gasteiger partial charge in [-0.05, 0) is 31.2 Å². The Balaban J connectivity index is 1.93. The van der Waals surface area contributed by atoms with Crippen molar-refractivity contribution < 1.29 is 22.3 Å². The van der Waals surface area contributed by atoms with Gasteiger partial charge in [-0.15, -0.1) is 0 Å². The van der Waals surface area contributed by atoms with Crippen molar-refractivity contribution in [1.29, 1.82) is 0 Å². The van der Waals surface area contributed by atoms with E-state index in [4.69, 9.17) is 4.74 Å².